The van der Waals surface area contributed by atoms with Gasteiger partial charge in [-0.1, -0.05) is 55.3 Å². The minimum Gasteiger partial charge on any atom is -0.489 e. The Hall–Kier alpha value is -3.34. The van der Waals surface area contributed by atoms with Crippen LogP contribution in [0.15, 0.2) is 60.7 Å². The first-order chi connectivity index (χ1) is 14.3. The third-order valence-electron chi connectivity index (χ3n) is 5.76. The first-order valence-corrected chi connectivity index (χ1v) is 10.2. The Kier molecular flexibility index (Phi) is 4.64. The molecule has 5 heteroatoms. The van der Waals surface area contributed by atoms with Crippen molar-refractivity contribution in [3.8, 4) is 16.9 Å². The van der Waals surface area contributed by atoms with Gasteiger partial charge in [-0.05, 0) is 47.7 Å². The molecule has 0 bridgehead atoms. The van der Waals surface area contributed by atoms with E-state index in [1.165, 1.54) is 25.7 Å². The molecule has 29 heavy (non-hydrogen) atoms. The van der Waals surface area contributed by atoms with E-state index in [-0.39, 0.29) is 0 Å². The van der Waals surface area contributed by atoms with Crippen molar-refractivity contribution >= 4 is 16.9 Å². The highest BCUT2D eigenvalue weighted by Gasteiger charge is 2.22. The summed E-state index contributed by atoms with van der Waals surface area (Å²) in [7, 11) is 0. The van der Waals surface area contributed by atoms with Crippen molar-refractivity contribution in [3.63, 3.8) is 0 Å². The summed E-state index contributed by atoms with van der Waals surface area (Å²) in [5.74, 6) is 1.92. The normalized spacial score (nSPS) is 14.5. The molecule has 1 fully saturated rings. The van der Waals surface area contributed by atoms with Crippen LogP contribution in [0.2, 0.25) is 0 Å². The van der Waals surface area contributed by atoms with Gasteiger partial charge in [-0.15, -0.1) is 0 Å². The van der Waals surface area contributed by atoms with Gasteiger partial charge in [0.1, 0.15) is 18.2 Å². The Morgan fingerprint density at radius 2 is 1.76 bits per heavy atom. The van der Waals surface area contributed by atoms with Crippen LogP contribution in [0.25, 0.3) is 22.2 Å². The Morgan fingerprint density at radius 3 is 2.52 bits per heavy atom. The van der Waals surface area contributed by atoms with Gasteiger partial charge in [0.25, 0.3) is 0 Å². The summed E-state index contributed by atoms with van der Waals surface area (Å²) in [5, 5.41) is 8.12. The number of hydrogen-bond acceptors (Lipinski definition) is 4. The summed E-state index contributed by atoms with van der Waals surface area (Å²) in [6, 6.07) is 20.6. The number of fused-ring (bicyclic) bond motifs is 1. The summed E-state index contributed by atoms with van der Waals surface area (Å²) in [6.45, 7) is 0.556. The Bertz CT molecular complexity index is 1110. The average molecular weight is 384 g/mol. The maximum absolute atomic E-state index is 6.18. The quantitative estimate of drug-likeness (QED) is 0.480. The molecule has 2 aromatic heterocycles. The minimum atomic E-state index is 0.518. The smallest absolute Gasteiger partial charge is 0.183 e. The van der Waals surface area contributed by atoms with E-state index in [0.717, 1.165) is 33.5 Å². The number of H-pyrrole nitrogens is 1. The molecule has 5 rings (SSSR count). The van der Waals surface area contributed by atoms with E-state index < -0.39 is 0 Å². The fraction of sp³-hybridized carbons (Fsp3) is 0.250. The lowest BCUT2D eigenvalue weighted by Crippen LogP contribution is -1.99. The summed E-state index contributed by atoms with van der Waals surface area (Å²) in [5.41, 5.74) is 11.3. The van der Waals surface area contributed by atoms with E-state index >= 15 is 0 Å². The van der Waals surface area contributed by atoms with E-state index in [9.17, 15) is 0 Å². The molecule has 4 aromatic rings. The Labute approximate surface area is 169 Å². The summed E-state index contributed by atoms with van der Waals surface area (Å²) in [4.78, 5) is 4.80. The summed E-state index contributed by atoms with van der Waals surface area (Å²) >= 11 is 0. The van der Waals surface area contributed by atoms with Crippen LogP contribution < -0.4 is 10.5 Å². The van der Waals surface area contributed by atoms with Crippen molar-refractivity contribution in [1.82, 2.24) is 15.2 Å². The molecular weight excluding hydrogens is 360 g/mol. The fourth-order valence-electron chi connectivity index (χ4n) is 4.20. The van der Waals surface area contributed by atoms with Crippen LogP contribution in [0.5, 0.6) is 5.75 Å². The van der Waals surface area contributed by atoms with Gasteiger partial charge >= 0.3 is 0 Å². The van der Waals surface area contributed by atoms with Gasteiger partial charge in [-0.2, -0.15) is 5.10 Å². The molecule has 0 atom stereocenters. The third-order valence-corrected chi connectivity index (χ3v) is 5.76. The molecule has 0 unspecified atom stereocenters. The van der Waals surface area contributed by atoms with Crippen LogP contribution >= 0.6 is 0 Å². The zero-order valence-electron chi connectivity index (χ0n) is 16.3. The molecule has 0 aliphatic heterocycles. The maximum atomic E-state index is 6.18. The number of nitrogens with two attached hydrogens (primary N) is 1. The number of hydrogen-bond donors (Lipinski definition) is 2. The Morgan fingerprint density at radius 1 is 1.00 bits per heavy atom. The molecule has 2 aromatic carbocycles. The first-order valence-electron chi connectivity index (χ1n) is 10.2. The van der Waals surface area contributed by atoms with Gasteiger partial charge in [0.05, 0.1) is 5.39 Å². The number of aromatic amines is 1. The lowest BCUT2D eigenvalue weighted by Gasteiger charge is -2.12. The van der Waals surface area contributed by atoms with Crippen LogP contribution in [-0.2, 0) is 6.61 Å². The number of benzene rings is 2. The minimum absolute atomic E-state index is 0.518. The lowest BCUT2D eigenvalue weighted by molar-refractivity contribution is 0.306. The number of nitrogens with zero attached hydrogens (tertiary/aromatic N) is 2. The van der Waals surface area contributed by atoms with Gasteiger partial charge in [-0.25, -0.2) is 4.98 Å². The van der Waals surface area contributed by atoms with Crippen LogP contribution in [-0.4, -0.2) is 15.2 Å². The molecule has 0 radical (unpaired) electrons. The van der Waals surface area contributed by atoms with Gasteiger partial charge in [0.2, 0.25) is 0 Å². The SMILES string of the molecule is Nc1[nH]nc2nc(C3CCCC3)cc(-c3ccc(OCc4ccccc4)cc3)c12. The zero-order chi connectivity index (χ0) is 19.6. The zero-order valence-corrected chi connectivity index (χ0v) is 16.3. The van der Waals surface area contributed by atoms with E-state index in [1.807, 2.05) is 30.3 Å². The van der Waals surface area contributed by atoms with Crippen molar-refractivity contribution in [1.29, 1.82) is 0 Å². The summed E-state index contributed by atoms with van der Waals surface area (Å²) < 4.78 is 5.93. The molecule has 1 aliphatic rings. The highest BCUT2D eigenvalue weighted by atomic mass is 16.5. The summed E-state index contributed by atoms with van der Waals surface area (Å²) in [6.07, 6.45) is 4.94. The molecule has 2 heterocycles. The topological polar surface area (TPSA) is 76.8 Å². The van der Waals surface area contributed by atoms with Crippen LogP contribution in [0.4, 0.5) is 5.82 Å². The van der Waals surface area contributed by atoms with Crippen LogP contribution in [0, 0.1) is 0 Å². The number of nitrogen functional groups attached to an aromatic ring is 1. The second kappa shape index (κ2) is 7.59. The van der Waals surface area contributed by atoms with E-state index in [0.29, 0.717) is 24.0 Å². The van der Waals surface area contributed by atoms with Crippen molar-refractivity contribution in [2.24, 2.45) is 0 Å². The molecule has 3 N–H and O–H groups in total. The third kappa shape index (κ3) is 3.56. The van der Waals surface area contributed by atoms with Gasteiger partial charge in [-0.3, -0.25) is 5.10 Å². The standard InChI is InChI=1S/C24H24N4O/c25-23-22-20(14-21(18-8-4-5-9-18)26-24(22)28-27-23)17-10-12-19(13-11-17)29-15-16-6-2-1-3-7-16/h1-3,6-7,10-14,18H,4-5,8-9,15H2,(H3,25,26,27,28). The highest BCUT2D eigenvalue weighted by Crippen LogP contribution is 2.38. The van der Waals surface area contributed by atoms with E-state index in [4.69, 9.17) is 15.5 Å². The monoisotopic (exact) mass is 384 g/mol. The predicted octanol–water partition coefficient (Wildman–Crippen LogP) is 5.44. The van der Waals surface area contributed by atoms with E-state index in [1.54, 1.807) is 0 Å². The van der Waals surface area contributed by atoms with Gasteiger partial charge in [0, 0.05) is 11.6 Å². The van der Waals surface area contributed by atoms with Crippen molar-refractivity contribution in [3.05, 3.63) is 71.9 Å². The van der Waals surface area contributed by atoms with E-state index in [2.05, 4.69) is 40.5 Å². The molecule has 0 amide bonds. The molecular formula is C24H24N4O. The molecule has 1 saturated carbocycles. The van der Waals surface area contributed by atoms with Crippen LogP contribution in [0.3, 0.4) is 0 Å². The average Bonchev–Trinajstić information content (AvgIpc) is 3.43. The molecule has 1 aliphatic carbocycles. The molecule has 0 saturated heterocycles. The number of aromatic nitrogens is 3. The van der Waals surface area contributed by atoms with Gasteiger partial charge in [0.15, 0.2) is 5.65 Å². The largest absolute Gasteiger partial charge is 0.489 e. The predicted molar refractivity (Wildman–Crippen MR) is 116 cm³/mol. The molecule has 146 valence electrons. The highest BCUT2D eigenvalue weighted by molar-refractivity contribution is 6.00. The number of ether oxygens (including phenoxy) is 1. The van der Waals surface area contributed by atoms with Gasteiger partial charge < -0.3 is 10.5 Å². The van der Waals surface area contributed by atoms with Crippen molar-refractivity contribution < 1.29 is 4.74 Å². The van der Waals surface area contributed by atoms with Crippen molar-refractivity contribution in [2.75, 3.05) is 5.73 Å². The maximum Gasteiger partial charge on any atom is 0.183 e. The molecule has 5 nitrogen and oxygen atoms in total. The number of anilines is 1. The number of pyridine rings is 1. The second-order valence-corrected chi connectivity index (χ2v) is 7.71. The number of rotatable bonds is 5. The fourth-order valence-corrected chi connectivity index (χ4v) is 4.20. The Balaban J connectivity index is 1.45. The lowest BCUT2D eigenvalue weighted by atomic mass is 9.97. The first kappa shape index (κ1) is 17.7. The van der Waals surface area contributed by atoms with Crippen LogP contribution in [0.1, 0.15) is 42.9 Å². The second-order valence-electron chi connectivity index (χ2n) is 7.71. The number of nitrogens with one attached hydrogen (secondary N) is 1. The van der Waals surface area contributed by atoms with Crippen molar-refractivity contribution in [2.45, 2.75) is 38.2 Å². The molecule has 0 spiro atoms.